The Hall–Kier alpha value is -2.28. The lowest BCUT2D eigenvalue weighted by atomic mass is 10.1. The van der Waals surface area contributed by atoms with Gasteiger partial charge in [-0.3, -0.25) is 4.79 Å². The first-order valence-corrected chi connectivity index (χ1v) is 5.63. The highest BCUT2D eigenvalue weighted by Gasteiger charge is 2.09. The summed E-state index contributed by atoms with van der Waals surface area (Å²) in [5.41, 5.74) is 0.875. The molecule has 0 spiro atoms. The van der Waals surface area contributed by atoms with Gasteiger partial charge in [-0.05, 0) is 37.6 Å². The van der Waals surface area contributed by atoms with Crippen molar-refractivity contribution in [1.82, 2.24) is 5.32 Å². The van der Waals surface area contributed by atoms with Crippen LogP contribution in [-0.4, -0.2) is 19.1 Å². The maximum atomic E-state index is 11.7. The molecule has 4 heteroatoms. The fourth-order valence-electron chi connectivity index (χ4n) is 1.36. The Kier molecular flexibility index (Phi) is 4.94. The van der Waals surface area contributed by atoms with E-state index >= 15 is 0 Å². The molecule has 1 N–H and O–H groups in total. The Morgan fingerprint density at radius 2 is 2.00 bits per heavy atom. The number of carbonyl (C=O) groups excluding carboxylic acids is 1. The third kappa shape index (κ3) is 3.95. The van der Waals surface area contributed by atoms with Gasteiger partial charge in [-0.25, -0.2) is 0 Å². The Balaban J connectivity index is 2.90. The van der Waals surface area contributed by atoms with Crippen LogP contribution in [0.2, 0.25) is 0 Å². The SMILES string of the molecule is COc1ccc(/C=C(/C#N)C(=O)NC(C)C)cc1. The van der Waals surface area contributed by atoms with Crippen molar-refractivity contribution in [2.24, 2.45) is 0 Å². The summed E-state index contributed by atoms with van der Waals surface area (Å²) in [6, 6.07) is 9.05. The minimum atomic E-state index is -0.358. The largest absolute Gasteiger partial charge is 0.497 e. The first-order valence-electron chi connectivity index (χ1n) is 5.63. The zero-order chi connectivity index (χ0) is 13.5. The summed E-state index contributed by atoms with van der Waals surface area (Å²) in [7, 11) is 1.58. The zero-order valence-electron chi connectivity index (χ0n) is 10.7. The lowest BCUT2D eigenvalue weighted by Gasteiger charge is -2.07. The summed E-state index contributed by atoms with van der Waals surface area (Å²) < 4.78 is 5.04. The predicted molar refractivity (Wildman–Crippen MR) is 69.9 cm³/mol. The topological polar surface area (TPSA) is 62.1 Å². The summed E-state index contributed by atoms with van der Waals surface area (Å²) >= 11 is 0. The number of benzene rings is 1. The van der Waals surface area contributed by atoms with E-state index in [-0.39, 0.29) is 17.5 Å². The van der Waals surface area contributed by atoms with E-state index in [1.54, 1.807) is 37.5 Å². The van der Waals surface area contributed by atoms with Gasteiger partial charge in [0.25, 0.3) is 5.91 Å². The van der Waals surface area contributed by atoms with Crippen LogP contribution in [0.15, 0.2) is 29.8 Å². The van der Waals surface area contributed by atoms with Gasteiger partial charge in [-0.2, -0.15) is 5.26 Å². The molecule has 0 aliphatic rings. The van der Waals surface area contributed by atoms with Gasteiger partial charge in [-0.15, -0.1) is 0 Å². The molecule has 1 rings (SSSR count). The van der Waals surface area contributed by atoms with E-state index in [1.165, 1.54) is 0 Å². The highest BCUT2D eigenvalue weighted by atomic mass is 16.5. The molecule has 0 saturated carbocycles. The lowest BCUT2D eigenvalue weighted by molar-refractivity contribution is -0.117. The quantitative estimate of drug-likeness (QED) is 0.652. The van der Waals surface area contributed by atoms with Crippen LogP contribution in [0, 0.1) is 11.3 Å². The van der Waals surface area contributed by atoms with E-state index in [4.69, 9.17) is 10.00 Å². The molecule has 1 aromatic carbocycles. The number of nitrogens with zero attached hydrogens (tertiary/aromatic N) is 1. The van der Waals surface area contributed by atoms with E-state index < -0.39 is 0 Å². The third-order valence-corrected chi connectivity index (χ3v) is 2.21. The Morgan fingerprint density at radius 1 is 1.39 bits per heavy atom. The molecule has 18 heavy (non-hydrogen) atoms. The van der Waals surface area contributed by atoms with Gasteiger partial charge >= 0.3 is 0 Å². The average molecular weight is 244 g/mol. The average Bonchev–Trinajstić information content (AvgIpc) is 2.35. The van der Waals surface area contributed by atoms with Gasteiger partial charge in [0.2, 0.25) is 0 Å². The van der Waals surface area contributed by atoms with Crippen LogP contribution in [0.25, 0.3) is 6.08 Å². The lowest BCUT2D eigenvalue weighted by Crippen LogP contribution is -2.30. The third-order valence-electron chi connectivity index (χ3n) is 2.21. The first-order chi connectivity index (χ1) is 8.56. The van der Waals surface area contributed by atoms with Crippen molar-refractivity contribution in [2.45, 2.75) is 19.9 Å². The van der Waals surface area contributed by atoms with Crippen molar-refractivity contribution in [3.05, 3.63) is 35.4 Å². The van der Waals surface area contributed by atoms with Gasteiger partial charge in [-0.1, -0.05) is 12.1 Å². The summed E-state index contributed by atoms with van der Waals surface area (Å²) in [6.07, 6.45) is 1.55. The summed E-state index contributed by atoms with van der Waals surface area (Å²) in [5, 5.41) is 11.6. The number of nitriles is 1. The van der Waals surface area contributed by atoms with Crippen LogP contribution in [0.4, 0.5) is 0 Å². The monoisotopic (exact) mass is 244 g/mol. The van der Waals surface area contributed by atoms with Crippen LogP contribution in [0.1, 0.15) is 19.4 Å². The molecule has 0 radical (unpaired) electrons. The van der Waals surface area contributed by atoms with Crippen LogP contribution in [-0.2, 0) is 4.79 Å². The maximum absolute atomic E-state index is 11.7. The molecule has 0 aliphatic heterocycles. The van der Waals surface area contributed by atoms with Gasteiger partial charge in [0, 0.05) is 6.04 Å². The van der Waals surface area contributed by atoms with Gasteiger partial charge in [0.1, 0.15) is 17.4 Å². The van der Waals surface area contributed by atoms with Crippen molar-refractivity contribution in [1.29, 1.82) is 5.26 Å². The summed E-state index contributed by atoms with van der Waals surface area (Å²) in [4.78, 5) is 11.7. The molecule has 0 atom stereocenters. The van der Waals surface area contributed by atoms with Crippen molar-refractivity contribution in [2.75, 3.05) is 7.11 Å². The standard InChI is InChI=1S/C14H16N2O2/c1-10(2)16-14(17)12(9-15)8-11-4-6-13(18-3)7-5-11/h4-8,10H,1-3H3,(H,16,17)/b12-8-. The number of carbonyl (C=O) groups is 1. The molecule has 0 aliphatic carbocycles. The van der Waals surface area contributed by atoms with E-state index in [0.29, 0.717) is 0 Å². The molecule has 0 saturated heterocycles. The number of rotatable bonds is 4. The molecule has 0 fully saturated rings. The van der Waals surface area contributed by atoms with Crippen LogP contribution in [0.3, 0.4) is 0 Å². The fourth-order valence-corrected chi connectivity index (χ4v) is 1.36. The molecule has 1 aromatic rings. The van der Waals surface area contributed by atoms with Crippen molar-refractivity contribution >= 4 is 12.0 Å². The highest BCUT2D eigenvalue weighted by molar-refractivity contribution is 6.01. The first kappa shape index (κ1) is 13.8. The normalized spacial score (nSPS) is 10.9. The number of ether oxygens (including phenoxy) is 1. The van der Waals surface area contributed by atoms with Crippen LogP contribution >= 0.6 is 0 Å². The van der Waals surface area contributed by atoms with Crippen LogP contribution in [0.5, 0.6) is 5.75 Å². The molecular formula is C14H16N2O2. The Labute approximate surface area is 107 Å². The summed E-state index contributed by atoms with van der Waals surface area (Å²) in [6.45, 7) is 3.69. The van der Waals surface area contributed by atoms with Crippen LogP contribution < -0.4 is 10.1 Å². The highest BCUT2D eigenvalue weighted by Crippen LogP contribution is 2.13. The van der Waals surface area contributed by atoms with E-state index in [9.17, 15) is 4.79 Å². The van der Waals surface area contributed by atoms with Gasteiger partial charge < -0.3 is 10.1 Å². The molecule has 94 valence electrons. The Morgan fingerprint density at radius 3 is 2.44 bits per heavy atom. The molecule has 1 amide bonds. The van der Waals surface area contributed by atoms with Crippen molar-refractivity contribution in [3.8, 4) is 11.8 Å². The fraction of sp³-hybridized carbons (Fsp3) is 0.286. The van der Waals surface area contributed by atoms with E-state index in [0.717, 1.165) is 11.3 Å². The molecular weight excluding hydrogens is 228 g/mol. The van der Waals surface area contributed by atoms with E-state index in [2.05, 4.69) is 5.32 Å². The second kappa shape index (κ2) is 6.45. The smallest absolute Gasteiger partial charge is 0.262 e. The minimum Gasteiger partial charge on any atom is -0.497 e. The zero-order valence-corrected chi connectivity index (χ0v) is 10.7. The second-order valence-electron chi connectivity index (χ2n) is 4.07. The van der Waals surface area contributed by atoms with Crippen molar-refractivity contribution < 1.29 is 9.53 Å². The number of hydrogen-bond acceptors (Lipinski definition) is 3. The number of hydrogen-bond donors (Lipinski definition) is 1. The maximum Gasteiger partial charge on any atom is 0.262 e. The number of nitrogens with one attached hydrogen (secondary N) is 1. The van der Waals surface area contributed by atoms with E-state index in [1.807, 2.05) is 19.9 Å². The molecule has 0 aromatic heterocycles. The minimum absolute atomic E-state index is 0.00474. The molecule has 0 heterocycles. The summed E-state index contributed by atoms with van der Waals surface area (Å²) in [5.74, 6) is 0.376. The number of methoxy groups -OCH3 is 1. The second-order valence-corrected chi connectivity index (χ2v) is 4.07. The molecule has 0 bridgehead atoms. The van der Waals surface area contributed by atoms with Gasteiger partial charge in [0.15, 0.2) is 0 Å². The van der Waals surface area contributed by atoms with Crippen molar-refractivity contribution in [3.63, 3.8) is 0 Å². The predicted octanol–water partition coefficient (Wildman–Crippen LogP) is 2.13. The Bertz CT molecular complexity index is 482. The number of amides is 1. The molecule has 4 nitrogen and oxygen atoms in total. The molecule has 0 unspecified atom stereocenters. The van der Waals surface area contributed by atoms with Gasteiger partial charge in [0.05, 0.1) is 7.11 Å².